The first-order chi connectivity index (χ1) is 9.56. The number of carboxylic acid groups (broad SMARTS) is 1. The van der Waals surface area contributed by atoms with Gasteiger partial charge in [-0.3, -0.25) is 9.59 Å². The van der Waals surface area contributed by atoms with Crippen molar-refractivity contribution in [1.29, 1.82) is 0 Å². The van der Waals surface area contributed by atoms with E-state index in [0.717, 1.165) is 36.3 Å². The monoisotopic (exact) mass is 281 g/mol. The van der Waals surface area contributed by atoms with Gasteiger partial charge in [-0.1, -0.05) is 0 Å². The molecule has 1 saturated heterocycles. The maximum Gasteiger partial charge on any atom is 0.306 e. The van der Waals surface area contributed by atoms with Gasteiger partial charge in [0.2, 0.25) is 0 Å². The Morgan fingerprint density at radius 1 is 1.35 bits per heavy atom. The minimum atomic E-state index is -1.11. The molecule has 20 heavy (non-hydrogen) atoms. The second-order valence-corrected chi connectivity index (χ2v) is 5.03. The lowest BCUT2D eigenvalue weighted by molar-refractivity contribution is -0.139. The molecule has 1 unspecified atom stereocenters. The van der Waals surface area contributed by atoms with Crippen LogP contribution in [0.4, 0.5) is 5.69 Å². The summed E-state index contributed by atoms with van der Waals surface area (Å²) < 4.78 is 1.10. The number of anilines is 1. The van der Waals surface area contributed by atoms with Gasteiger partial charge in [-0.05, 0) is 19.3 Å². The zero-order valence-electron chi connectivity index (χ0n) is 11.2. The lowest BCUT2D eigenvalue weighted by Crippen LogP contribution is -2.33. The Balaban J connectivity index is 2.05. The van der Waals surface area contributed by atoms with Crippen LogP contribution in [0.1, 0.15) is 25.7 Å². The first-order valence-electron chi connectivity index (χ1n) is 6.78. The number of hydrogen-bond donors (Lipinski definition) is 2. The molecule has 0 saturated carbocycles. The predicted molar refractivity (Wildman–Crippen MR) is 72.8 cm³/mol. The Hall–Kier alpha value is -1.89. The summed E-state index contributed by atoms with van der Waals surface area (Å²) in [5.74, 6) is -1.10. The quantitative estimate of drug-likeness (QED) is 0.793. The topological polar surface area (TPSA) is 95.7 Å². The molecular formula is C13H19N3O4. The number of nitrogens with zero attached hydrogens (tertiary/aromatic N) is 3. The first kappa shape index (κ1) is 14.5. The van der Waals surface area contributed by atoms with Gasteiger partial charge in [0.15, 0.2) is 0 Å². The molecule has 0 bridgehead atoms. The average Bonchev–Trinajstić information content (AvgIpc) is 2.41. The molecule has 0 amide bonds. The van der Waals surface area contributed by atoms with E-state index in [4.69, 9.17) is 5.11 Å². The number of aliphatic hydroxyl groups excluding tert-OH is 1. The molecule has 0 spiro atoms. The van der Waals surface area contributed by atoms with Gasteiger partial charge in [-0.2, -0.15) is 5.10 Å². The van der Waals surface area contributed by atoms with Crippen LogP contribution in [0.2, 0.25) is 0 Å². The van der Waals surface area contributed by atoms with Gasteiger partial charge < -0.3 is 15.1 Å². The van der Waals surface area contributed by atoms with Crippen LogP contribution in [-0.4, -0.2) is 45.2 Å². The van der Waals surface area contributed by atoms with E-state index in [0.29, 0.717) is 0 Å². The van der Waals surface area contributed by atoms with Crippen LogP contribution >= 0.6 is 0 Å². The molecule has 1 aromatic rings. The number of aliphatic carboxylic acids is 1. The van der Waals surface area contributed by atoms with Gasteiger partial charge in [0, 0.05) is 19.2 Å². The molecule has 0 aromatic carbocycles. The van der Waals surface area contributed by atoms with Gasteiger partial charge in [-0.15, -0.1) is 0 Å². The number of aliphatic hydroxyl groups is 1. The molecule has 1 aliphatic heterocycles. The van der Waals surface area contributed by atoms with E-state index in [1.165, 1.54) is 12.5 Å². The van der Waals surface area contributed by atoms with E-state index in [9.17, 15) is 14.7 Å². The summed E-state index contributed by atoms with van der Waals surface area (Å²) >= 11 is 0. The minimum absolute atomic E-state index is 0.106. The lowest BCUT2D eigenvalue weighted by atomic mass is 10.1. The van der Waals surface area contributed by atoms with Crippen molar-refractivity contribution in [2.45, 2.75) is 38.3 Å². The highest BCUT2D eigenvalue weighted by Gasteiger charge is 2.15. The molecule has 0 radical (unpaired) electrons. The maximum absolute atomic E-state index is 11.9. The van der Waals surface area contributed by atoms with E-state index in [1.807, 2.05) is 0 Å². The summed E-state index contributed by atoms with van der Waals surface area (Å²) in [4.78, 5) is 24.5. The third-order valence-corrected chi connectivity index (χ3v) is 3.37. The Labute approximate surface area is 116 Å². The van der Waals surface area contributed by atoms with Crippen LogP contribution in [0.15, 0.2) is 17.1 Å². The fourth-order valence-electron chi connectivity index (χ4n) is 2.35. The Morgan fingerprint density at radius 2 is 2.05 bits per heavy atom. The van der Waals surface area contributed by atoms with E-state index in [2.05, 4.69) is 10.00 Å². The SMILES string of the molecule is O=C(O)CC(O)Cn1ncc(N2CCCCC2)cc1=O. The van der Waals surface area contributed by atoms with Gasteiger partial charge >= 0.3 is 5.97 Å². The number of carboxylic acids is 1. The van der Waals surface area contributed by atoms with Crippen molar-refractivity contribution in [3.8, 4) is 0 Å². The molecule has 110 valence electrons. The molecule has 1 fully saturated rings. The van der Waals surface area contributed by atoms with Crippen LogP contribution in [-0.2, 0) is 11.3 Å². The summed E-state index contributed by atoms with van der Waals surface area (Å²) in [6.07, 6.45) is 3.52. The van der Waals surface area contributed by atoms with Crippen molar-refractivity contribution in [3.63, 3.8) is 0 Å². The highest BCUT2D eigenvalue weighted by Crippen LogP contribution is 2.16. The van der Waals surface area contributed by atoms with E-state index >= 15 is 0 Å². The molecular weight excluding hydrogens is 262 g/mol. The second kappa shape index (κ2) is 6.51. The van der Waals surface area contributed by atoms with Crippen LogP contribution in [0.25, 0.3) is 0 Å². The summed E-state index contributed by atoms with van der Waals surface area (Å²) in [6, 6.07) is 1.49. The Kier molecular flexibility index (Phi) is 4.73. The second-order valence-electron chi connectivity index (χ2n) is 5.03. The van der Waals surface area contributed by atoms with Crippen molar-refractivity contribution in [2.24, 2.45) is 0 Å². The van der Waals surface area contributed by atoms with Crippen molar-refractivity contribution >= 4 is 11.7 Å². The molecule has 1 aliphatic rings. The van der Waals surface area contributed by atoms with Gasteiger partial charge in [0.25, 0.3) is 5.56 Å². The lowest BCUT2D eigenvalue weighted by Gasteiger charge is -2.28. The number of rotatable bonds is 5. The molecule has 2 N–H and O–H groups in total. The predicted octanol–water partition coefficient (Wildman–Crippen LogP) is 0.0692. The third kappa shape index (κ3) is 3.80. The first-order valence-corrected chi connectivity index (χ1v) is 6.78. The van der Waals surface area contributed by atoms with E-state index in [-0.39, 0.29) is 12.1 Å². The smallest absolute Gasteiger partial charge is 0.306 e. The maximum atomic E-state index is 11.9. The summed E-state index contributed by atoms with van der Waals surface area (Å²) in [6.45, 7) is 1.74. The van der Waals surface area contributed by atoms with Crippen LogP contribution in [0.3, 0.4) is 0 Å². The number of hydrogen-bond acceptors (Lipinski definition) is 5. The Morgan fingerprint density at radius 3 is 2.65 bits per heavy atom. The van der Waals surface area contributed by atoms with E-state index < -0.39 is 18.5 Å². The highest BCUT2D eigenvalue weighted by atomic mass is 16.4. The van der Waals surface area contributed by atoms with Crippen molar-refractivity contribution in [1.82, 2.24) is 9.78 Å². The normalized spacial score (nSPS) is 16.9. The zero-order valence-corrected chi connectivity index (χ0v) is 11.2. The number of aromatic nitrogens is 2. The van der Waals surface area contributed by atoms with Gasteiger partial charge in [0.05, 0.1) is 31.0 Å². The van der Waals surface area contributed by atoms with Crippen molar-refractivity contribution in [3.05, 3.63) is 22.6 Å². The average molecular weight is 281 g/mol. The van der Waals surface area contributed by atoms with Crippen LogP contribution in [0, 0.1) is 0 Å². The largest absolute Gasteiger partial charge is 0.481 e. The molecule has 0 aliphatic carbocycles. The van der Waals surface area contributed by atoms with Crippen molar-refractivity contribution in [2.75, 3.05) is 18.0 Å². The Bertz CT molecular complexity index is 523. The van der Waals surface area contributed by atoms with Gasteiger partial charge in [0.1, 0.15) is 0 Å². The third-order valence-electron chi connectivity index (χ3n) is 3.37. The van der Waals surface area contributed by atoms with Crippen molar-refractivity contribution < 1.29 is 15.0 Å². The molecule has 7 nitrogen and oxygen atoms in total. The summed E-state index contributed by atoms with van der Waals surface area (Å²) in [7, 11) is 0. The number of carbonyl (C=O) groups is 1. The van der Waals surface area contributed by atoms with Crippen LogP contribution < -0.4 is 10.5 Å². The minimum Gasteiger partial charge on any atom is -0.481 e. The van der Waals surface area contributed by atoms with Crippen LogP contribution in [0.5, 0.6) is 0 Å². The standard InChI is InChI=1S/C13H19N3O4/c17-11(7-13(19)20)9-16-12(18)6-10(8-14-16)15-4-2-1-3-5-15/h6,8,11,17H,1-5,7,9H2,(H,19,20). The molecule has 2 heterocycles. The molecule has 2 rings (SSSR count). The van der Waals surface area contributed by atoms with Gasteiger partial charge in [-0.25, -0.2) is 4.68 Å². The number of piperidine rings is 1. The molecule has 1 aromatic heterocycles. The zero-order chi connectivity index (χ0) is 14.5. The molecule has 1 atom stereocenters. The fraction of sp³-hybridized carbons (Fsp3) is 0.615. The molecule has 7 heteroatoms. The highest BCUT2D eigenvalue weighted by molar-refractivity contribution is 5.67. The summed E-state index contributed by atoms with van der Waals surface area (Å²) in [5.41, 5.74) is 0.469. The van der Waals surface area contributed by atoms with E-state index in [1.54, 1.807) is 6.20 Å². The summed E-state index contributed by atoms with van der Waals surface area (Å²) in [5, 5.41) is 22.1. The fourth-order valence-corrected chi connectivity index (χ4v) is 2.35.